The van der Waals surface area contributed by atoms with Crippen molar-refractivity contribution >= 4 is 10.0 Å². The fourth-order valence-electron chi connectivity index (χ4n) is 1.92. The molecule has 1 N–H and O–H groups in total. The summed E-state index contributed by atoms with van der Waals surface area (Å²) in [5.74, 6) is 0.0884. The monoisotopic (exact) mass is 290 g/mol. The molecule has 2 rings (SSSR count). The first-order valence-corrected chi connectivity index (χ1v) is 8.17. The Morgan fingerprint density at radius 3 is 2.40 bits per heavy atom. The fourth-order valence-corrected chi connectivity index (χ4v) is 2.76. The second-order valence-corrected chi connectivity index (χ2v) is 6.65. The van der Waals surface area contributed by atoms with E-state index < -0.39 is 10.0 Å². The van der Waals surface area contributed by atoms with E-state index in [1.165, 1.54) is 0 Å². The highest BCUT2D eigenvalue weighted by molar-refractivity contribution is 7.89. The van der Waals surface area contributed by atoms with Crippen molar-refractivity contribution in [3.05, 3.63) is 54.4 Å². The molecule has 5 heteroatoms. The maximum absolute atomic E-state index is 11.6. The second-order valence-electron chi connectivity index (χ2n) is 4.61. The lowest BCUT2D eigenvalue weighted by molar-refractivity contribution is 0.568. The molecule has 0 saturated carbocycles. The van der Waals surface area contributed by atoms with Crippen LogP contribution in [-0.2, 0) is 10.0 Å². The minimum Gasteiger partial charge on any atom is -0.264 e. The van der Waals surface area contributed by atoms with Gasteiger partial charge < -0.3 is 0 Å². The smallest absolute Gasteiger partial charge is 0.211 e. The summed E-state index contributed by atoms with van der Waals surface area (Å²) in [6, 6.07) is 11.5. The van der Waals surface area contributed by atoms with Crippen LogP contribution in [0.2, 0.25) is 0 Å². The second kappa shape index (κ2) is 6.15. The molecule has 20 heavy (non-hydrogen) atoms. The minimum atomic E-state index is -3.19. The summed E-state index contributed by atoms with van der Waals surface area (Å²) in [6.07, 6.45) is 3.54. The van der Waals surface area contributed by atoms with Crippen LogP contribution in [0.3, 0.4) is 0 Å². The first-order valence-electron chi connectivity index (χ1n) is 6.52. The number of hydrogen-bond acceptors (Lipinski definition) is 3. The molecule has 1 heterocycles. The number of nitrogens with one attached hydrogen (secondary N) is 1. The molecule has 2 aromatic rings. The van der Waals surface area contributed by atoms with Gasteiger partial charge in [-0.25, -0.2) is 13.1 Å². The van der Waals surface area contributed by atoms with Gasteiger partial charge >= 0.3 is 0 Å². The van der Waals surface area contributed by atoms with Crippen molar-refractivity contribution < 1.29 is 8.42 Å². The van der Waals surface area contributed by atoms with Gasteiger partial charge in [0, 0.05) is 18.4 Å². The minimum absolute atomic E-state index is 0.0884. The van der Waals surface area contributed by atoms with E-state index in [0.29, 0.717) is 0 Å². The van der Waals surface area contributed by atoms with Crippen LogP contribution in [0.15, 0.2) is 48.8 Å². The Kier molecular flexibility index (Phi) is 4.52. The Bertz CT molecular complexity index is 652. The zero-order valence-electron chi connectivity index (χ0n) is 11.6. The maximum Gasteiger partial charge on any atom is 0.211 e. The zero-order valence-corrected chi connectivity index (χ0v) is 12.4. The summed E-state index contributed by atoms with van der Waals surface area (Å²) in [4.78, 5) is 4.09. The normalized spacial score (nSPS) is 13.1. The van der Waals surface area contributed by atoms with Gasteiger partial charge in [-0.2, -0.15) is 0 Å². The van der Waals surface area contributed by atoms with E-state index in [4.69, 9.17) is 0 Å². The Hall–Kier alpha value is -1.72. The van der Waals surface area contributed by atoms with Gasteiger partial charge in [0.1, 0.15) is 0 Å². The van der Waals surface area contributed by atoms with E-state index in [0.717, 1.165) is 16.7 Å². The number of nitrogens with zero attached hydrogens (tertiary/aromatic N) is 1. The molecular weight excluding hydrogens is 272 g/mol. The lowest BCUT2D eigenvalue weighted by atomic mass is 10.0. The lowest BCUT2D eigenvalue weighted by Gasteiger charge is -2.14. The molecule has 1 aromatic heterocycles. The molecule has 0 unspecified atom stereocenters. The molecule has 1 atom stereocenters. The largest absolute Gasteiger partial charge is 0.264 e. The molecule has 0 aliphatic heterocycles. The molecule has 0 aliphatic carbocycles. The van der Waals surface area contributed by atoms with Gasteiger partial charge in [-0.3, -0.25) is 4.98 Å². The summed E-state index contributed by atoms with van der Waals surface area (Å²) < 4.78 is 25.7. The number of rotatable bonds is 5. The van der Waals surface area contributed by atoms with E-state index in [1.807, 2.05) is 43.3 Å². The molecule has 1 aromatic carbocycles. The maximum atomic E-state index is 11.6. The lowest BCUT2D eigenvalue weighted by Crippen LogP contribution is -2.28. The van der Waals surface area contributed by atoms with E-state index in [-0.39, 0.29) is 11.8 Å². The molecule has 0 spiro atoms. The van der Waals surface area contributed by atoms with Gasteiger partial charge in [0.15, 0.2) is 0 Å². The quantitative estimate of drug-likeness (QED) is 0.921. The van der Waals surface area contributed by atoms with E-state index in [9.17, 15) is 8.42 Å². The number of hydrogen-bond donors (Lipinski definition) is 1. The van der Waals surface area contributed by atoms with Gasteiger partial charge in [0.25, 0.3) is 0 Å². The molecule has 0 fully saturated rings. The average molecular weight is 290 g/mol. The van der Waals surface area contributed by atoms with Gasteiger partial charge in [-0.15, -0.1) is 0 Å². The Balaban J connectivity index is 2.16. The van der Waals surface area contributed by atoms with Gasteiger partial charge in [-0.05, 0) is 36.6 Å². The van der Waals surface area contributed by atoms with Crippen molar-refractivity contribution in [3.8, 4) is 11.1 Å². The third-order valence-electron chi connectivity index (χ3n) is 3.14. The van der Waals surface area contributed by atoms with Crippen LogP contribution in [0, 0.1) is 0 Å². The zero-order chi connectivity index (χ0) is 14.6. The molecule has 0 radical (unpaired) electrons. The predicted molar refractivity (Wildman–Crippen MR) is 80.7 cm³/mol. The highest BCUT2D eigenvalue weighted by Gasteiger charge is 2.13. The first-order chi connectivity index (χ1) is 9.52. The van der Waals surface area contributed by atoms with Gasteiger partial charge in [-0.1, -0.05) is 30.3 Å². The molecule has 0 saturated heterocycles. The van der Waals surface area contributed by atoms with Crippen LogP contribution >= 0.6 is 0 Å². The van der Waals surface area contributed by atoms with E-state index >= 15 is 0 Å². The summed E-state index contributed by atoms with van der Waals surface area (Å²) in [5.41, 5.74) is 3.04. The molecule has 0 aliphatic rings. The standard InChI is InChI=1S/C15H18N2O2S/c1-3-20(18,19)17-12(2)13-6-8-14(9-7-13)15-5-4-10-16-11-15/h4-12,17H,3H2,1-2H3/t12-/m0/s1. The summed E-state index contributed by atoms with van der Waals surface area (Å²) in [7, 11) is -3.19. The average Bonchev–Trinajstić information content (AvgIpc) is 2.48. The van der Waals surface area contributed by atoms with Crippen LogP contribution in [0.5, 0.6) is 0 Å². The molecule has 106 valence electrons. The highest BCUT2D eigenvalue weighted by atomic mass is 32.2. The van der Waals surface area contributed by atoms with Crippen molar-refractivity contribution in [2.75, 3.05) is 5.75 Å². The number of pyridine rings is 1. The number of aromatic nitrogens is 1. The van der Waals surface area contributed by atoms with Crippen LogP contribution in [0.1, 0.15) is 25.5 Å². The van der Waals surface area contributed by atoms with Crippen molar-refractivity contribution in [1.82, 2.24) is 9.71 Å². The van der Waals surface area contributed by atoms with Crippen LogP contribution < -0.4 is 4.72 Å². The van der Waals surface area contributed by atoms with Crippen LogP contribution in [0.4, 0.5) is 0 Å². The Morgan fingerprint density at radius 2 is 1.85 bits per heavy atom. The van der Waals surface area contributed by atoms with Crippen molar-refractivity contribution in [1.29, 1.82) is 0 Å². The topological polar surface area (TPSA) is 59.1 Å². The Morgan fingerprint density at radius 1 is 1.15 bits per heavy atom. The summed E-state index contributed by atoms with van der Waals surface area (Å²) in [6.45, 7) is 3.47. The first kappa shape index (κ1) is 14.7. The van der Waals surface area contributed by atoms with Crippen LogP contribution in [-0.4, -0.2) is 19.2 Å². The van der Waals surface area contributed by atoms with Gasteiger partial charge in [0.2, 0.25) is 10.0 Å². The molecular formula is C15H18N2O2S. The summed E-state index contributed by atoms with van der Waals surface area (Å²) in [5, 5.41) is 0. The van der Waals surface area contributed by atoms with Crippen LogP contribution in [0.25, 0.3) is 11.1 Å². The Labute approximate surface area is 119 Å². The highest BCUT2D eigenvalue weighted by Crippen LogP contribution is 2.21. The fraction of sp³-hybridized carbons (Fsp3) is 0.267. The molecule has 0 amide bonds. The van der Waals surface area contributed by atoms with E-state index in [2.05, 4.69) is 9.71 Å². The molecule has 4 nitrogen and oxygen atoms in total. The molecule has 0 bridgehead atoms. The van der Waals surface area contributed by atoms with E-state index in [1.54, 1.807) is 19.3 Å². The van der Waals surface area contributed by atoms with Crippen molar-refractivity contribution in [2.24, 2.45) is 0 Å². The van der Waals surface area contributed by atoms with Crippen molar-refractivity contribution in [2.45, 2.75) is 19.9 Å². The third-order valence-corrected chi connectivity index (χ3v) is 4.61. The summed E-state index contributed by atoms with van der Waals surface area (Å²) >= 11 is 0. The third kappa shape index (κ3) is 3.65. The SMILES string of the molecule is CCS(=O)(=O)N[C@@H](C)c1ccc(-c2cccnc2)cc1. The number of benzene rings is 1. The van der Waals surface area contributed by atoms with Crippen molar-refractivity contribution in [3.63, 3.8) is 0 Å². The predicted octanol–water partition coefficient (Wildman–Crippen LogP) is 2.75. The van der Waals surface area contributed by atoms with Gasteiger partial charge in [0.05, 0.1) is 5.75 Å². The number of sulfonamides is 1.